The molecule has 0 heterocycles. The lowest BCUT2D eigenvalue weighted by molar-refractivity contribution is -0.117. The van der Waals surface area contributed by atoms with Gasteiger partial charge in [0.25, 0.3) is 0 Å². The molecule has 2 aromatic rings. The number of halogens is 2. The highest BCUT2D eigenvalue weighted by Crippen LogP contribution is 2.19. The molecule has 128 valence electrons. The first-order valence-corrected chi connectivity index (χ1v) is 7.44. The third kappa shape index (κ3) is 4.61. The van der Waals surface area contributed by atoms with Gasteiger partial charge in [-0.2, -0.15) is 5.26 Å². The molecule has 0 saturated carbocycles. The number of nitrogens with zero attached hydrogens (tertiary/aromatic N) is 2. The van der Waals surface area contributed by atoms with E-state index in [9.17, 15) is 18.4 Å². The molecule has 0 spiro atoms. The van der Waals surface area contributed by atoms with Crippen LogP contribution in [-0.4, -0.2) is 18.4 Å². The molecule has 5 nitrogen and oxygen atoms in total. The second kappa shape index (κ2) is 8.02. The third-order valence-corrected chi connectivity index (χ3v) is 3.48. The highest BCUT2D eigenvalue weighted by Gasteiger charge is 2.16. The molecule has 0 fully saturated rings. The Bertz CT molecular complexity index is 846. The van der Waals surface area contributed by atoms with Crippen LogP contribution in [0.5, 0.6) is 0 Å². The lowest BCUT2D eigenvalue weighted by Crippen LogP contribution is -2.32. The summed E-state index contributed by atoms with van der Waals surface area (Å²) in [5.41, 5.74) is 0.855. The second-order valence-electron chi connectivity index (χ2n) is 5.22. The van der Waals surface area contributed by atoms with Crippen molar-refractivity contribution in [3.8, 4) is 6.07 Å². The van der Waals surface area contributed by atoms with Gasteiger partial charge >= 0.3 is 0 Å². The average molecular weight is 343 g/mol. The summed E-state index contributed by atoms with van der Waals surface area (Å²) in [6.07, 6.45) is -0.0711. The van der Waals surface area contributed by atoms with Gasteiger partial charge in [0.2, 0.25) is 11.8 Å². The maximum absolute atomic E-state index is 13.3. The van der Waals surface area contributed by atoms with Crippen molar-refractivity contribution < 1.29 is 18.4 Å². The molecule has 0 aliphatic rings. The van der Waals surface area contributed by atoms with Crippen LogP contribution in [0.1, 0.15) is 18.9 Å². The van der Waals surface area contributed by atoms with E-state index in [0.717, 1.165) is 12.1 Å². The van der Waals surface area contributed by atoms with Crippen LogP contribution in [0.25, 0.3) is 0 Å². The van der Waals surface area contributed by atoms with Crippen molar-refractivity contribution in [2.24, 2.45) is 0 Å². The van der Waals surface area contributed by atoms with E-state index < -0.39 is 23.4 Å². The number of para-hydroxylation sites is 1. The van der Waals surface area contributed by atoms with E-state index in [1.54, 1.807) is 24.3 Å². The molecule has 0 aliphatic carbocycles. The molecular weight excluding hydrogens is 328 g/mol. The van der Waals surface area contributed by atoms with E-state index in [4.69, 9.17) is 5.26 Å². The minimum absolute atomic E-state index is 0.0129. The molecule has 0 atom stereocenters. The fourth-order valence-electron chi connectivity index (χ4n) is 2.24. The van der Waals surface area contributed by atoms with E-state index in [1.807, 2.05) is 6.07 Å². The SMILES string of the molecule is CC(=O)N(CCC(=O)Nc1ccccc1C#N)c1ccc(F)c(F)c1. The number of rotatable bonds is 5. The Hall–Kier alpha value is -3.27. The molecule has 0 aromatic heterocycles. The molecule has 2 amide bonds. The van der Waals surface area contributed by atoms with Gasteiger partial charge in [0, 0.05) is 31.6 Å². The monoisotopic (exact) mass is 343 g/mol. The fourth-order valence-corrected chi connectivity index (χ4v) is 2.24. The van der Waals surface area contributed by atoms with Gasteiger partial charge in [-0.05, 0) is 24.3 Å². The fraction of sp³-hybridized carbons (Fsp3) is 0.167. The molecular formula is C18H15F2N3O2. The number of hydrogen-bond acceptors (Lipinski definition) is 3. The van der Waals surface area contributed by atoms with Crippen LogP contribution >= 0.6 is 0 Å². The number of hydrogen-bond donors (Lipinski definition) is 1. The second-order valence-corrected chi connectivity index (χ2v) is 5.22. The van der Waals surface area contributed by atoms with Gasteiger partial charge in [0.15, 0.2) is 11.6 Å². The minimum Gasteiger partial charge on any atom is -0.325 e. The summed E-state index contributed by atoms with van der Waals surface area (Å²) in [5.74, 6) is -2.90. The molecule has 0 saturated heterocycles. The smallest absolute Gasteiger partial charge is 0.226 e. The molecule has 2 aromatic carbocycles. The van der Waals surface area contributed by atoms with Crippen molar-refractivity contribution in [2.45, 2.75) is 13.3 Å². The van der Waals surface area contributed by atoms with E-state index in [2.05, 4.69) is 5.32 Å². The summed E-state index contributed by atoms with van der Waals surface area (Å²) in [4.78, 5) is 25.0. The van der Waals surface area contributed by atoms with Crippen LogP contribution in [0.15, 0.2) is 42.5 Å². The normalized spacial score (nSPS) is 10.0. The predicted octanol–water partition coefficient (Wildman–Crippen LogP) is 3.22. The molecule has 0 aliphatic heterocycles. The van der Waals surface area contributed by atoms with E-state index >= 15 is 0 Å². The zero-order valence-electron chi connectivity index (χ0n) is 13.4. The highest BCUT2D eigenvalue weighted by molar-refractivity contribution is 5.95. The molecule has 1 N–H and O–H groups in total. The maximum Gasteiger partial charge on any atom is 0.226 e. The number of nitrogens with one attached hydrogen (secondary N) is 1. The van der Waals surface area contributed by atoms with Crippen LogP contribution < -0.4 is 10.2 Å². The van der Waals surface area contributed by atoms with Crippen LogP contribution in [-0.2, 0) is 9.59 Å². The van der Waals surface area contributed by atoms with Crippen molar-refractivity contribution in [2.75, 3.05) is 16.8 Å². The zero-order valence-corrected chi connectivity index (χ0v) is 13.4. The standard InChI is InChI=1S/C18H15F2N3O2/c1-12(24)23(14-6-7-15(19)16(20)10-14)9-8-18(25)22-17-5-3-2-4-13(17)11-21/h2-7,10H,8-9H2,1H3,(H,22,25). The predicted molar refractivity (Wildman–Crippen MR) is 88.8 cm³/mol. The first kappa shape index (κ1) is 18.1. The largest absolute Gasteiger partial charge is 0.325 e. The van der Waals surface area contributed by atoms with E-state index in [0.29, 0.717) is 11.3 Å². The van der Waals surface area contributed by atoms with Gasteiger partial charge in [0.1, 0.15) is 6.07 Å². The summed E-state index contributed by atoms with van der Waals surface area (Å²) in [6, 6.07) is 11.6. The summed E-state index contributed by atoms with van der Waals surface area (Å²) >= 11 is 0. The van der Waals surface area contributed by atoms with Gasteiger partial charge in [-0.1, -0.05) is 12.1 Å². The lowest BCUT2D eigenvalue weighted by Gasteiger charge is -2.21. The zero-order chi connectivity index (χ0) is 18.4. The number of amides is 2. The summed E-state index contributed by atoms with van der Waals surface area (Å²) < 4.78 is 26.4. The number of anilines is 2. The van der Waals surface area contributed by atoms with Crippen molar-refractivity contribution in [1.82, 2.24) is 0 Å². The molecule has 25 heavy (non-hydrogen) atoms. The van der Waals surface area contributed by atoms with Crippen LogP contribution in [0, 0.1) is 23.0 Å². The van der Waals surface area contributed by atoms with Crippen LogP contribution in [0.3, 0.4) is 0 Å². The molecule has 0 bridgehead atoms. The lowest BCUT2D eigenvalue weighted by atomic mass is 10.2. The number of carbonyl (C=O) groups excluding carboxylic acids is 2. The molecule has 0 unspecified atom stereocenters. The quantitative estimate of drug-likeness (QED) is 0.906. The summed E-state index contributed by atoms with van der Waals surface area (Å²) in [7, 11) is 0. The van der Waals surface area contributed by atoms with Crippen molar-refractivity contribution in [3.05, 3.63) is 59.7 Å². The van der Waals surface area contributed by atoms with Gasteiger partial charge < -0.3 is 10.2 Å². The Morgan fingerprint density at radius 2 is 1.88 bits per heavy atom. The summed E-state index contributed by atoms with van der Waals surface area (Å²) in [6.45, 7) is 1.26. The van der Waals surface area contributed by atoms with E-state index in [1.165, 1.54) is 17.9 Å². The summed E-state index contributed by atoms with van der Waals surface area (Å²) in [5, 5.41) is 11.6. The Labute approximate surface area is 143 Å². The van der Waals surface area contributed by atoms with Crippen LogP contribution in [0.2, 0.25) is 0 Å². The number of carbonyl (C=O) groups is 2. The average Bonchev–Trinajstić information content (AvgIpc) is 2.58. The van der Waals surface area contributed by atoms with Gasteiger partial charge in [-0.15, -0.1) is 0 Å². The Morgan fingerprint density at radius 3 is 2.52 bits per heavy atom. The Kier molecular flexibility index (Phi) is 5.79. The Morgan fingerprint density at radius 1 is 1.16 bits per heavy atom. The topological polar surface area (TPSA) is 73.2 Å². The van der Waals surface area contributed by atoms with Crippen molar-refractivity contribution >= 4 is 23.2 Å². The molecule has 2 rings (SSSR count). The minimum atomic E-state index is -1.07. The van der Waals surface area contributed by atoms with Crippen molar-refractivity contribution in [3.63, 3.8) is 0 Å². The number of benzene rings is 2. The number of nitriles is 1. The molecule has 0 radical (unpaired) electrons. The van der Waals surface area contributed by atoms with Gasteiger partial charge in [-0.25, -0.2) is 8.78 Å². The maximum atomic E-state index is 13.3. The van der Waals surface area contributed by atoms with Crippen molar-refractivity contribution in [1.29, 1.82) is 5.26 Å². The Balaban J connectivity index is 2.06. The van der Waals surface area contributed by atoms with Gasteiger partial charge in [-0.3, -0.25) is 9.59 Å². The van der Waals surface area contributed by atoms with Gasteiger partial charge in [0.05, 0.1) is 11.3 Å². The highest BCUT2D eigenvalue weighted by atomic mass is 19.2. The third-order valence-electron chi connectivity index (χ3n) is 3.48. The first-order chi connectivity index (χ1) is 11.9. The first-order valence-electron chi connectivity index (χ1n) is 7.44. The van der Waals surface area contributed by atoms with Crippen LogP contribution in [0.4, 0.5) is 20.2 Å². The van der Waals surface area contributed by atoms with E-state index in [-0.39, 0.29) is 18.7 Å². The molecule has 7 heteroatoms.